The third-order valence-electron chi connectivity index (χ3n) is 6.86. The Kier molecular flexibility index (Phi) is 3.56. The number of hydrogen-bond acceptors (Lipinski definition) is 0. The monoisotopic (exact) mass is 439 g/mol. The van der Waals surface area contributed by atoms with Crippen molar-refractivity contribution in [2.45, 2.75) is 31.6 Å². The molecule has 1 nitrogen and oxygen atoms in total. The maximum Gasteiger partial charge on any atom is 0.0541 e. The van der Waals surface area contributed by atoms with E-state index in [1.165, 1.54) is 48.7 Å². The zero-order chi connectivity index (χ0) is 19.8. The molecule has 1 atom stereocenters. The van der Waals surface area contributed by atoms with Gasteiger partial charge >= 0.3 is 0 Å². The van der Waals surface area contributed by atoms with E-state index in [9.17, 15) is 0 Å². The minimum atomic E-state index is 0.0437. The summed E-state index contributed by atoms with van der Waals surface area (Å²) >= 11 is 3.70. The first-order chi connectivity index (χ1) is 14.1. The zero-order valence-electron chi connectivity index (χ0n) is 16.6. The highest BCUT2D eigenvalue weighted by Crippen LogP contribution is 2.54. The molecule has 0 saturated carbocycles. The Morgan fingerprint density at radius 2 is 1.55 bits per heavy atom. The van der Waals surface area contributed by atoms with Gasteiger partial charge in [0, 0.05) is 32.3 Å². The van der Waals surface area contributed by atoms with Gasteiger partial charge in [-0.1, -0.05) is 83.9 Å². The second-order valence-electron chi connectivity index (χ2n) is 8.74. The predicted octanol–water partition coefficient (Wildman–Crippen LogP) is 7.77. The normalized spacial score (nSPS) is 19.8. The fourth-order valence-electron chi connectivity index (χ4n) is 5.46. The van der Waals surface area contributed by atoms with E-state index in [0.29, 0.717) is 5.92 Å². The zero-order valence-corrected chi connectivity index (χ0v) is 18.2. The second-order valence-corrected chi connectivity index (χ2v) is 9.66. The van der Waals surface area contributed by atoms with Crippen LogP contribution < -0.4 is 0 Å². The molecule has 1 aromatic heterocycles. The number of fused-ring (bicyclic) bond motifs is 6. The Labute approximate surface area is 179 Å². The third kappa shape index (κ3) is 2.33. The van der Waals surface area contributed by atoms with Gasteiger partial charge < -0.3 is 4.57 Å². The molecule has 2 heteroatoms. The van der Waals surface area contributed by atoms with Gasteiger partial charge in [0.05, 0.1) is 11.0 Å². The van der Waals surface area contributed by atoms with Crippen LogP contribution in [0.15, 0.2) is 88.9 Å². The number of nitrogens with zero attached hydrogens (tertiary/aromatic N) is 1. The minimum absolute atomic E-state index is 0.0437. The van der Waals surface area contributed by atoms with Crippen LogP contribution in [0.3, 0.4) is 0 Å². The quantitative estimate of drug-likeness (QED) is 0.285. The minimum Gasteiger partial charge on any atom is -0.309 e. The number of rotatable bonds is 1. The Hall–Kier alpha value is -2.58. The highest BCUT2D eigenvalue weighted by atomic mass is 79.9. The summed E-state index contributed by atoms with van der Waals surface area (Å²) in [6, 6.07) is 24.6. The summed E-state index contributed by atoms with van der Waals surface area (Å²) in [4.78, 5) is 0. The van der Waals surface area contributed by atoms with Gasteiger partial charge in [0.2, 0.25) is 0 Å². The maximum atomic E-state index is 3.70. The molecule has 0 radical (unpaired) electrons. The summed E-state index contributed by atoms with van der Waals surface area (Å²) in [5.74, 6) is 0.508. The van der Waals surface area contributed by atoms with Gasteiger partial charge in [-0.3, -0.25) is 0 Å². The van der Waals surface area contributed by atoms with Gasteiger partial charge in [-0.2, -0.15) is 0 Å². The molecule has 0 saturated heterocycles. The molecule has 0 fully saturated rings. The van der Waals surface area contributed by atoms with Crippen LogP contribution in [0.1, 0.15) is 37.3 Å². The molecule has 29 heavy (non-hydrogen) atoms. The number of benzene rings is 3. The van der Waals surface area contributed by atoms with Crippen LogP contribution >= 0.6 is 15.9 Å². The van der Waals surface area contributed by atoms with E-state index in [-0.39, 0.29) is 5.41 Å². The van der Waals surface area contributed by atoms with Crippen molar-refractivity contribution in [1.29, 1.82) is 0 Å². The van der Waals surface area contributed by atoms with Gasteiger partial charge in [0.15, 0.2) is 0 Å². The molecule has 142 valence electrons. The van der Waals surface area contributed by atoms with Crippen molar-refractivity contribution in [1.82, 2.24) is 4.57 Å². The second kappa shape index (κ2) is 5.96. The summed E-state index contributed by atoms with van der Waals surface area (Å²) in [5, 5.41) is 2.62. The van der Waals surface area contributed by atoms with Crippen molar-refractivity contribution in [2.75, 3.05) is 0 Å². The lowest BCUT2D eigenvalue weighted by Gasteiger charge is -2.26. The van der Waals surface area contributed by atoms with Crippen LogP contribution in [0.2, 0.25) is 0 Å². The molecule has 4 aromatic rings. The van der Waals surface area contributed by atoms with E-state index in [0.717, 1.165) is 6.42 Å². The van der Waals surface area contributed by atoms with Crippen molar-refractivity contribution in [3.05, 3.63) is 100 Å². The Balaban J connectivity index is 1.63. The SMILES string of the molecule is CC1(C)C2=CC(Br)=CCC2c2ccc(-n3c4ccccc4c4ccccc43)cc21. The summed E-state index contributed by atoms with van der Waals surface area (Å²) in [6.07, 6.45) is 5.73. The predicted molar refractivity (Wildman–Crippen MR) is 126 cm³/mol. The lowest BCUT2D eigenvalue weighted by Crippen LogP contribution is -2.17. The van der Waals surface area contributed by atoms with E-state index in [4.69, 9.17) is 0 Å². The average molecular weight is 440 g/mol. The van der Waals surface area contributed by atoms with E-state index >= 15 is 0 Å². The number of halogens is 1. The molecule has 0 aliphatic heterocycles. The van der Waals surface area contributed by atoms with Crippen molar-refractivity contribution in [3.8, 4) is 5.69 Å². The van der Waals surface area contributed by atoms with E-state index in [1.807, 2.05) is 0 Å². The van der Waals surface area contributed by atoms with Gasteiger partial charge in [-0.15, -0.1) is 0 Å². The summed E-state index contributed by atoms with van der Waals surface area (Å²) in [7, 11) is 0. The molecule has 1 unspecified atom stereocenters. The van der Waals surface area contributed by atoms with Crippen molar-refractivity contribution < 1.29 is 0 Å². The Morgan fingerprint density at radius 3 is 2.24 bits per heavy atom. The van der Waals surface area contributed by atoms with Crippen LogP contribution in [-0.2, 0) is 5.41 Å². The number of hydrogen-bond donors (Lipinski definition) is 0. The smallest absolute Gasteiger partial charge is 0.0541 e. The fourth-order valence-corrected chi connectivity index (χ4v) is 5.89. The maximum absolute atomic E-state index is 3.70. The van der Waals surface area contributed by atoms with E-state index in [1.54, 1.807) is 0 Å². The number of allylic oxidation sites excluding steroid dienone is 4. The van der Waals surface area contributed by atoms with E-state index in [2.05, 4.69) is 113 Å². The Bertz CT molecular complexity index is 1310. The van der Waals surface area contributed by atoms with Crippen LogP contribution in [0.4, 0.5) is 0 Å². The summed E-state index contributed by atoms with van der Waals surface area (Å²) in [6.45, 7) is 4.75. The van der Waals surface area contributed by atoms with Crippen LogP contribution in [-0.4, -0.2) is 4.57 Å². The standard InChI is InChI=1S/C27H22BrN/c1-27(2)23-15-17(28)11-13-19(23)20-14-12-18(16-24(20)27)29-25-9-5-3-7-21(25)22-8-4-6-10-26(22)29/h3-12,14-16,19H,13H2,1-2H3. The largest absolute Gasteiger partial charge is 0.309 e. The van der Waals surface area contributed by atoms with Crippen LogP contribution in [0.5, 0.6) is 0 Å². The molecule has 2 aliphatic rings. The van der Waals surface area contributed by atoms with Crippen molar-refractivity contribution in [3.63, 3.8) is 0 Å². The van der Waals surface area contributed by atoms with Crippen molar-refractivity contribution in [2.24, 2.45) is 0 Å². The summed E-state index contributed by atoms with van der Waals surface area (Å²) < 4.78 is 3.64. The molecule has 3 aromatic carbocycles. The molecule has 0 spiro atoms. The first-order valence-electron chi connectivity index (χ1n) is 10.3. The molecular formula is C27H22BrN. The van der Waals surface area contributed by atoms with Gasteiger partial charge in [-0.25, -0.2) is 0 Å². The highest BCUT2D eigenvalue weighted by Gasteiger charge is 2.42. The summed E-state index contributed by atoms with van der Waals surface area (Å²) in [5.41, 5.74) is 8.31. The Morgan fingerprint density at radius 1 is 0.897 bits per heavy atom. The first-order valence-corrected chi connectivity index (χ1v) is 11.1. The molecular weight excluding hydrogens is 418 g/mol. The third-order valence-corrected chi connectivity index (χ3v) is 7.42. The topological polar surface area (TPSA) is 4.93 Å². The lowest BCUT2D eigenvalue weighted by atomic mass is 9.79. The highest BCUT2D eigenvalue weighted by molar-refractivity contribution is 9.11. The molecule has 0 bridgehead atoms. The number of para-hydroxylation sites is 2. The van der Waals surface area contributed by atoms with Crippen LogP contribution in [0.25, 0.3) is 27.5 Å². The molecule has 0 N–H and O–H groups in total. The fraction of sp³-hybridized carbons (Fsp3) is 0.185. The van der Waals surface area contributed by atoms with Gasteiger partial charge in [-0.05, 0) is 47.9 Å². The van der Waals surface area contributed by atoms with Crippen molar-refractivity contribution >= 4 is 37.7 Å². The lowest BCUT2D eigenvalue weighted by molar-refractivity contribution is 0.612. The average Bonchev–Trinajstić information content (AvgIpc) is 3.18. The molecule has 2 aliphatic carbocycles. The van der Waals surface area contributed by atoms with E-state index < -0.39 is 0 Å². The van der Waals surface area contributed by atoms with Gasteiger partial charge in [0.25, 0.3) is 0 Å². The van der Waals surface area contributed by atoms with Gasteiger partial charge in [0.1, 0.15) is 0 Å². The number of aromatic nitrogens is 1. The molecule has 0 amide bonds. The van der Waals surface area contributed by atoms with Crippen LogP contribution in [0, 0.1) is 0 Å². The molecule has 6 rings (SSSR count). The molecule has 1 heterocycles. The first kappa shape index (κ1) is 17.3.